The van der Waals surface area contributed by atoms with Crippen molar-refractivity contribution in [1.29, 1.82) is 5.41 Å². The van der Waals surface area contributed by atoms with Crippen molar-refractivity contribution in [3.05, 3.63) is 35.9 Å². The summed E-state index contributed by atoms with van der Waals surface area (Å²) in [5.41, 5.74) is 0.960. The highest BCUT2D eigenvalue weighted by molar-refractivity contribution is 5.94. The molecule has 0 bridgehead atoms. The van der Waals surface area contributed by atoms with Crippen LogP contribution in [0.1, 0.15) is 5.56 Å². The molecule has 0 spiro atoms. The zero-order valence-electron chi connectivity index (χ0n) is 8.27. The number of ether oxygens (including phenoxy) is 1. The standard InChI is InChI=1S/C11H12N2O2/c12-11-13(6-7-15-11)10(14)8-9-4-2-1-3-5-9/h1-5,12H,6-8H2. The zero-order valence-corrected chi connectivity index (χ0v) is 8.27. The number of hydrogen-bond acceptors (Lipinski definition) is 3. The van der Waals surface area contributed by atoms with Crippen LogP contribution in [-0.2, 0) is 16.0 Å². The van der Waals surface area contributed by atoms with Crippen molar-refractivity contribution < 1.29 is 9.53 Å². The molecular weight excluding hydrogens is 192 g/mol. The lowest BCUT2D eigenvalue weighted by Gasteiger charge is -2.12. The van der Waals surface area contributed by atoms with Gasteiger partial charge in [-0.05, 0) is 5.56 Å². The van der Waals surface area contributed by atoms with E-state index in [2.05, 4.69) is 0 Å². The Balaban J connectivity index is 2.01. The first kappa shape index (κ1) is 9.71. The molecule has 4 heteroatoms. The lowest BCUT2D eigenvalue weighted by molar-refractivity contribution is -0.126. The van der Waals surface area contributed by atoms with Crippen LogP contribution >= 0.6 is 0 Å². The lowest BCUT2D eigenvalue weighted by Crippen LogP contribution is -2.33. The molecule has 1 aromatic rings. The Hall–Kier alpha value is -1.84. The summed E-state index contributed by atoms with van der Waals surface area (Å²) in [6.07, 6.45) is 0.326. The Morgan fingerprint density at radius 2 is 2.13 bits per heavy atom. The van der Waals surface area contributed by atoms with Gasteiger partial charge < -0.3 is 4.74 Å². The summed E-state index contributed by atoms with van der Waals surface area (Å²) >= 11 is 0. The molecule has 0 aromatic heterocycles. The van der Waals surface area contributed by atoms with Crippen LogP contribution in [0.2, 0.25) is 0 Å². The maximum atomic E-state index is 11.7. The summed E-state index contributed by atoms with van der Waals surface area (Å²) in [6.45, 7) is 0.920. The first-order chi connectivity index (χ1) is 7.27. The topological polar surface area (TPSA) is 53.4 Å². The summed E-state index contributed by atoms with van der Waals surface area (Å²) < 4.78 is 4.91. The molecule has 1 aliphatic rings. The van der Waals surface area contributed by atoms with Crippen molar-refractivity contribution in [2.24, 2.45) is 0 Å². The molecule has 1 aromatic carbocycles. The van der Waals surface area contributed by atoms with Crippen molar-refractivity contribution in [2.45, 2.75) is 6.42 Å². The van der Waals surface area contributed by atoms with Crippen molar-refractivity contribution in [3.63, 3.8) is 0 Å². The van der Waals surface area contributed by atoms with E-state index in [1.165, 1.54) is 4.90 Å². The van der Waals surface area contributed by atoms with E-state index in [0.717, 1.165) is 5.56 Å². The molecule has 2 rings (SSSR count). The maximum Gasteiger partial charge on any atom is 0.291 e. The van der Waals surface area contributed by atoms with E-state index in [9.17, 15) is 4.79 Å². The number of amidine groups is 1. The Labute approximate surface area is 88.0 Å². The third-order valence-electron chi connectivity index (χ3n) is 2.30. The summed E-state index contributed by atoms with van der Waals surface area (Å²) in [6, 6.07) is 9.48. The quantitative estimate of drug-likeness (QED) is 0.782. The van der Waals surface area contributed by atoms with E-state index in [0.29, 0.717) is 19.6 Å². The van der Waals surface area contributed by atoms with Gasteiger partial charge in [-0.2, -0.15) is 0 Å². The van der Waals surface area contributed by atoms with Crippen molar-refractivity contribution in [1.82, 2.24) is 4.90 Å². The number of hydrogen-bond donors (Lipinski definition) is 1. The van der Waals surface area contributed by atoms with Gasteiger partial charge >= 0.3 is 0 Å². The summed E-state index contributed by atoms with van der Waals surface area (Å²) in [5.74, 6) is -0.0799. The highest BCUT2D eigenvalue weighted by Gasteiger charge is 2.24. The van der Waals surface area contributed by atoms with Gasteiger partial charge in [0, 0.05) is 0 Å². The van der Waals surface area contributed by atoms with Crippen LogP contribution < -0.4 is 0 Å². The highest BCUT2D eigenvalue weighted by Crippen LogP contribution is 2.07. The predicted molar refractivity (Wildman–Crippen MR) is 55.5 cm³/mol. The molecule has 0 aliphatic carbocycles. The van der Waals surface area contributed by atoms with E-state index in [-0.39, 0.29) is 11.9 Å². The largest absolute Gasteiger partial charge is 0.463 e. The molecule has 0 unspecified atom stereocenters. The number of rotatable bonds is 2. The van der Waals surface area contributed by atoms with Crippen LogP contribution in [0, 0.1) is 5.41 Å². The first-order valence-electron chi connectivity index (χ1n) is 4.83. The third kappa shape index (κ3) is 2.15. The fourth-order valence-corrected chi connectivity index (χ4v) is 1.52. The minimum Gasteiger partial charge on any atom is -0.463 e. The molecule has 0 atom stereocenters. The Kier molecular flexibility index (Phi) is 2.67. The van der Waals surface area contributed by atoms with Gasteiger partial charge in [-0.1, -0.05) is 30.3 Å². The number of carbonyl (C=O) groups is 1. The Morgan fingerprint density at radius 3 is 2.73 bits per heavy atom. The van der Waals surface area contributed by atoms with Crippen molar-refractivity contribution in [2.75, 3.05) is 13.2 Å². The smallest absolute Gasteiger partial charge is 0.291 e. The second-order valence-electron chi connectivity index (χ2n) is 3.36. The molecule has 1 N–H and O–H groups in total. The van der Waals surface area contributed by atoms with Gasteiger partial charge in [-0.3, -0.25) is 15.1 Å². The molecule has 78 valence electrons. The Bertz CT molecular complexity index is 375. The second-order valence-corrected chi connectivity index (χ2v) is 3.36. The van der Waals surface area contributed by atoms with Gasteiger partial charge in [-0.15, -0.1) is 0 Å². The number of nitrogens with zero attached hydrogens (tertiary/aromatic N) is 1. The van der Waals surface area contributed by atoms with Gasteiger partial charge in [0.05, 0.1) is 13.0 Å². The van der Waals surface area contributed by atoms with Gasteiger partial charge in [0.25, 0.3) is 6.02 Å². The minimum atomic E-state index is -0.0799. The monoisotopic (exact) mass is 204 g/mol. The average Bonchev–Trinajstić information content (AvgIpc) is 2.66. The SMILES string of the molecule is N=C1OCCN1C(=O)Cc1ccccc1. The van der Waals surface area contributed by atoms with Gasteiger partial charge in [0.1, 0.15) is 6.61 Å². The molecule has 4 nitrogen and oxygen atoms in total. The number of benzene rings is 1. The summed E-state index contributed by atoms with van der Waals surface area (Å²) in [4.78, 5) is 13.1. The maximum absolute atomic E-state index is 11.7. The molecule has 1 aliphatic heterocycles. The van der Waals surface area contributed by atoms with E-state index in [1.807, 2.05) is 30.3 Å². The van der Waals surface area contributed by atoms with Crippen LogP contribution in [-0.4, -0.2) is 30.0 Å². The molecular formula is C11H12N2O2. The Morgan fingerprint density at radius 1 is 1.40 bits per heavy atom. The van der Waals surface area contributed by atoms with Gasteiger partial charge in [0.2, 0.25) is 5.91 Å². The molecule has 1 heterocycles. The van der Waals surface area contributed by atoms with E-state index < -0.39 is 0 Å². The van der Waals surface area contributed by atoms with Crippen LogP contribution in [0.3, 0.4) is 0 Å². The molecule has 15 heavy (non-hydrogen) atoms. The zero-order chi connectivity index (χ0) is 10.7. The number of amides is 1. The van der Waals surface area contributed by atoms with Crippen molar-refractivity contribution >= 4 is 11.9 Å². The predicted octanol–water partition coefficient (Wildman–Crippen LogP) is 1.02. The lowest BCUT2D eigenvalue weighted by atomic mass is 10.1. The van der Waals surface area contributed by atoms with Crippen LogP contribution in [0.5, 0.6) is 0 Å². The van der Waals surface area contributed by atoms with Gasteiger partial charge in [-0.25, -0.2) is 0 Å². The second kappa shape index (κ2) is 4.13. The van der Waals surface area contributed by atoms with Crippen LogP contribution in [0.4, 0.5) is 0 Å². The van der Waals surface area contributed by atoms with Crippen molar-refractivity contribution in [3.8, 4) is 0 Å². The first-order valence-corrected chi connectivity index (χ1v) is 4.83. The summed E-state index contributed by atoms with van der Waals surface area (Å²) in [5, 5.41) is 7.38. The number of carbonyl (C=O) groups excluding carboxylic acids is 1. The fourth-order valence-electron chi connectivity index (χ4n) is 1.52. The molecule has 0 radical (unpaired) electrons. The number of nitrogens with one attached hydrogen (secondary N) is 1. The molecule has 1 amide bonds. The van der Waals surface area contributed by atoms with Gasteiger partial charge in [0.15, 0.2) is 0 Å². The fraction of sp³-hybridized carbons (Fsp3) is 0.273. The van der Waals surface area contributed by atoms with Crippen LogP contribution in [0.15, 0.2) is 30.3 Å². The van der Waals surface area contributed by atoms with E-state index >= 15 is 0 Å². The molecule has 1 fully saturated rings. The normalized spacial score (nSPS) is 15.2. The third-order valence-corrected chi connectivity index (χ3v) is 2.30. The minimum absolute atomic E-state index is 0.0315. The highest BCUT2D eigenvalue weighted by atomic mass is 16.5. The van der Waals surface area contributed by atoms with Crippen LogP contribution in [0.25, 0.3) is 0 Å². The molecule has 0 saturated carbocycles. The summed E-state index contributed by atoms with van der Waals surface area (Å²) in [7, 11) is 0. The van der Waals surface area contributed by atoms with E-state index in [1.54, 1.807) is 0 Å². The molecule has 1 saturated heterocycles. The average molecular weight is 204 g/mol. The van der Waals surface area contributed by atoms with E-state index in [4.69, 9.17) is 10.1 Å².